The second-order valence-corrected chi connectivity index (χ2v) is 8.23. The summed E-state index contributed by atoms with van der Waals surface area (Å²) in [5.74, 6) is 0.609. The zero-order chi connectivity index (χ0) is 20.0. The smallest absolute Gasteiger partial charge is 0.325 e. The maximum atomic E-state index is 12.9. The van der Waals surface area contributed by atoms with Crippen LogP contribution in [0.25, 0.3) is 5.69 Å². The van der Waals surface area contributed by atoms with Crippen LogP contribution in [0.15, 0.2) is 36.7 Å². The average molecular weight is 394 g/mol. The third-order valence-electron chi connectivity index (χ3n) is 6.55. The van der Waals surface area contributed by atoms with E-state index in [4.69, 9.17) is 5.73 Å². The lowest BCUT2D eigenvalue weighted by atomic mass is 9.96. The van der Waals surface area contributed by atoms with Gasteiger partial charge >= 0.3 is 6.03 Å². The Morgan fingerprint density at radius 3 is 2.48 bits per heavy atom. The highest BCUT2D eigenvalue weighted by molar-refractivity contribution is 6.03. The zero-order valence-electron chi connectivity index (χ0n) is 16.5. The minimum atomic E-state index is -0.858. The molecule has 1 aromatic heterocycles. The number of nitrogens with zero attached hydrogens (tertiary/aromatic N) is 5. The first-order chi connectivity index (χ1) is 14.1. The number of urea groups is 1. The van der Waals surface area contributed by atoms with Gasteiger partial charge in [0.1, 0.15) is 11.4 Å². The molecule has 3 aliphatic heterocycles. The summed E-state index contributed by atoms with van der Waals surface area (Å²) in [5.41, 5.74) is 6.61. The molecule has 1 aromatic carbocycles. The van der Waals surface area contributed by atoms with Gasteiger partial charge in [0.25, 0.3) is 0 Å². The van der Waals surface area contributed by atoms with E-state index >= 15 is 0 Å². The Bertz CT molecular complexity index is 933. The van der Waals surface area contributed by atoms with E-state index in [0.717, 1.165) is 43.3 Å². The summed E-state index contributed by atoms with van der Waals surface area (Å²) < 4.78 is 2.09. The van der Waals surface area contributed by atoms with Gasteiger partial charge in [0, 0.05) is 30.3 Å². The average Bonchev–Trinajstić information content (AvgIpc) is 3.49. The molecule has 3 amide bonds. The summed E-state index contributed by atoms with van der Waals surface area (Å²) in [6.07, 6.45) is 7.76. The van der Waals surface area contributed by atoms with E-state index in [1.54, 1.807) is 9.80 Å². The van der Waals surface area contributed by atoms with Crippen LogP contribution in [0.2, 0.25) is 0 Å². The third-order valence-corrected chi connectivity index (χ3v) is 6.55. The van der Waals surface area contributed by atoms with Crippen molar-refractivity contribution >= 4 is 17.6 Å². The number of likely N-dealkylation sites (tertiary alicyclic amines) is 1. The van der Waals surface area contributed by atoms with Crippen LogP contribution in [0, 0.1) is 0 Å². The monoisotopic (exact) mass is 394 g/mol. The number of carbonyl (C=O) groups is 2. The van der Waals surface area contributed by atoms with E-state index < -0.39 is 11.4 Å². The summed E-state index contributed by atoms with van der Waals surface area (Å²) in [6.45, 7) is 4.01. The van der Waals surface area contributed by atoms with Crippen molar-refractivity contribution in [3.8, 4) is 5.69 Å². The molecular formula is C21H26N6O2. The van der Waals surface area contributed by atoms with E-state index in [9.17, 15) is 9.59 Å². The SMILES string of the molecule is NC(=O)[C@]12CCCN1C(=O)N(c1ccc(-n3ccnc3CN3CCCC3)cc1)C2. The van der Waals surface area contributed by atoms with Crippen LogP contribution in [0.4, 0.5) is 10.5 Å². The quantitative estimate of drug-likeness (QED) is 0.837. The number of anilines is 1. The summed E-state index contributed by atoms with van der Waals surface area (Å²) in [5, 5.41) is 0. The van der Waals surface area contributed by atoms with Gasteiger partial charge in [-0.15, -0.1) is 0 Å². The fraction of sp³-hybridized carbons (Fsp3) is 0.476. The molecule has 0 bridgehead atoms. The molecule has 2 aromatic rings. The first-order valence-electron chi connectivity index (χ1n) is 10.3. The molecule has 3 saturated heterocycles. The van der Waals surface area contributed by atoms with Crippen molar-refractivity contribution in [1.82, 2.24) is 19.4 Å². The van der Waals surface area contributed by atoms with Crippen LogP contribution in [-0.2, 0) is 11.3 Å². The molecule has 8 heteroatoms. The highest BCUT2D eigenvalue weighted by atomic mass is 16.2. The van der Waals surface area contributed by atoms with Crippen LogP contribution >= 0.6 is 0 Å². The Labute approximate surface area is 169 Å². The molecule has 2 N–H and O–H groups in total. The van der Waals surface area contributed by atoms with E-state index in [-0.39, 0.29) is 6.03 Å². The molecule has 152 valence electrons. The van der Waals surface area contributed by atoms with E-state index in [2.05, 4.69) is 14.5 Å². The molecule has 3 fully saturated rings. The molecular weight excluding hydrogens is 368 g/mol. The highest BCUT2D eigenvalue weighted by Crippen LogP contribution is 2.38. The largest absolute Gasteiger partial charge is 0.368 e. The minimum Gasteiger partial charge on any atom is -0.368 e. The van der Waals surface area contributed by atoms with Gasteiger partial charge in [-0.3, -0.25) is 14.6 Å². The third kappa shape index (κ3) is 2.90. The van der Waals surface area contributed by atoms with Gasteiger partial charge in [-0.1, -0.05) is 0 Å². The molecule has 5 rings (SSSR count). The Hall–Kier alpha value is -2.87. The van der Waals surface area contributed by atoms with E-state index in [0.29, 0.717) is 19.5 Å². The second-order valence-electron chi connectivity index (χ2n) is 8.23. The van der Waals surface area contributed by atoms with Crippen molar-refractivity contribution in [2.75, 3.05) is 31.1 Å². The number of benzene rings is 1. The van der Waals surface area contributed by atoms with Crippen molar-refractivity contribution in [3.63, 3.8) is 0 Å². The lowest BCUT2D eigenvalue weighted by Gasteiger charge is -2.25. The minimum absolute atomic E-state index is 0.133. The summed E-state index contributed by atoms with van der Waals surface area (Å²) in [4.78, 5) is 35.3. The number of carbonyl (C=O) groups excluding carboxylic acids is 2. The maximum Gasteiger partial charge on any atom is 0.325 e. The van der Waals surface area contributed by atoms with Gasteiger partial charge in [-0.05, 0) is 63.0 Å². The number of hydrogen-bond acceptors (Lipinski definition) is 4. The van der Waals surface area contributed by atoms with Crippen molar-refractivity contribution in [1.29, 1.82) is 0 Å². The maximum absolute atomic E-state index is 12.9. The Morgan fingerprint density at radius 1 is 1.07 bits per heavy atom. The van der Waals surface area contributed by atoms with Crippen molar-refractivity contribution < 1.29 is 9.59 Å². The summed E-state index contributed by atoms with van der Waals surface area (Å²) >= 11 is 0. The lowest BCUT2D eigenvalue weighted by Crippen LogP contribution is -2.52. The molecule has 0 unspecified atom stereocenters. The first kappa shape index (κ1) is 18.2. The lowest BCUT2D eigenvalue weighted by molar-refractivity contribution is -0.125. The molecule has 29 heavy (non-hydrogen) atoms. The fourth-order valence-corrected chi connectivity index (χ4v) is 4.95. The fourth-order valence-electron chi connectivity index (χ4n) is 4.95. The van der Waals surface area contributed by atoms with Gasteiger partial charge in [-0.2, -0.15) is 0 Å². The predicted molar refractivity (Wildman–Crippen MR) is 109 cm³/mol. The Balaban J connectivity index is 1.37. The number of hydrogen-bond donors (Lipinski definition) is 1. The summed E-state index contributed by atoms with van der Waals surface area (Å²) in [7, 11) is 0. The number of fused-ring (bicyclic) bond motifs is 1. The van der Waals surface area contributed by atoms with Gasteiger partial charge in [-0.25, -0.2) is 9.78 Å². The van der Waals surface area contributed by atoms with Crippen LogP contribution in [0.3, 0.4) is 0 Å². The first-order valence-corrected chi connectivity index (χ1v) is 10.3. The zero-order valence-corrected chi connectivity index (χ0v) is 16.5. The van der Waals surface area contributed by atoms with Crippen molar-refractivity contribution in [2.45, 2.75) is 37.8 Å². The number of amides is 3. The number of rotatable bonds is 5. The predicted octanol–water partition coefficient (Wildman–Crippen LogP) is 1.73. The molecule has 1 atom stereocenters. The number of nitrogens with two attached hydrogens (primary N) is 1. The van der Waals surface area contributed by atoms with E-state index in [1.165, 1.54) is 12.8 Å². The molecule has 0 saturated carbocycles. The number of imidazole rings is 1. The van der Waals surface area contributed by atoms with Crippen LogP contribution < -0.4 is 10.6 Å². The van der Waals surface area contributed by atoms with Crippen molar-refractivity contribution in [2.24, 2.45) is 5.73 Å². The van der Waals surface area contributed by atoms with Crippen LogP contribution in [0.5, 0.6) is 0 Å². The molecule has 0 spiro atoms. The second kappa shape index (κ2) is 6.88. The summed E-state index contributed by atoms with van der Waals surface area (Å²) in [6, 6.07) is 7.73. The van der Waals surface area contributed by atoms with Gasteiger partial charge < -0.3 is 15.2 Å². The number of aromatic nitrogens is 2. The highest BCUT2D eigenvalue weighted by Gasteiger charge is 2.56. The van der Waals surface area contributed by atoms with Crippen LogP contribution in [0.1, 0.15) is 31.5 Å². The molecule has 0 radical (unpaired) electrons. The number of primary amides is 1. The molecule has 4 heterocycles. The Morgan fingerprint density at radius 2 is 1.79 bits per heavy atom. The molecule has 8 nitrogen and oxygen atoms in total. The molecule has 3 aliphatic rings. The topological polar surface area (TPSA) is 87.7 Å². The van der Waals surface area contributed by atoms with Crippen LogP contribution in [-0.4, -0.2) is 63.0 Å². The normalized spacial score (nSPS) is 24.5. The Kier molecular flexibility index (Phi) is 4.31. The van der Waals surface area contributed by atoms with Gasteiger partial charge in [0.15, 0.2) is 0 Å². The van der Waals surface area contributed by atoms with E-state index in [1.807, 2.05) is 36.7 Å². The van der Waals surface area contributed by atoms with Gasteiger partial charge in [0.2, 0.25) is 5.91 Å². The molecule has 0 aliphatic carbocycles. The standard InChI is InChI=1S/C21H26N6O2/c22-19(28)21-8-3-12-27(21)20(29)26(15-21)17-6-4-16(5-7-17)25-13-9-23-18(25)14-24-10-1-2-11-24/h4-7,9,13H,1-3,8,10-12,14-15H2,(H2,22,28)/t21-/m1/s1. The van der Waals surface area contributed by atoms with Crippen molar-refractivity contribution in [3.05, 3.63) is 42.5 Å². The van der Waals surface area contributed by atoms with Gasteiger partial charge in [0.05, 0.1) is 13.1 Å².